The molecule has 0 spiro atoms. The number of benzene rings is 1. The molecule has 2 unspecified atom stereocenters. The molecule has 104 valence electrons. The van der Waals surface area contributed by atoms with Crippen LogP contribution in [-0.4, -0.2) is 25.9 Å². The Bertz CT molecular complexity index is 483. The summed E-state index contributed by atoms with van der Waals surface area (Å²) in [5, 5.41) is 3.43. The highest BCUT2D eigenvalue weighted by molar-refractivity contribution is 9.10. The summed E-state index contributed by atoms with van der Waals surface area (Å²) in [7, 11) is 2.00. The molecule has 1 fully saturated rings. The lowest BCUT2D eigenvalue weighted by Crippen LogP contribution is -2.39. The Morgan fingerprint density at radius 3 is 2.89 bits per heavy atom. The molecule has 19 heavy (non-hydrogen) atoms. The summed E-state index contributed by atoms with van der Waals surface area (Å²) in [6, 6.07) is 4.49. The molecule has 1 aromatic carbocycles. The number of nitrogens with one attached hydrogen (secondary N) is 1. The van der Waals surface area contributed by atoms with E-state index in [0.717, 1.165) is 42.7 Å². The molecule has 0 aliphatic carbocycles. The first kappa shape index (κ1) is 13.4. The van der Waals surface area contributed by atoms with Gasteiger partial charge in [-0.15, -0.1) is 0 Å². The fourth-order valence-electron chi connectivity index (χ4n) is 3.33. The van der Waals surface area contributed by atoms with Crippen LogP contribution in [0.2, 0.25) is 0 Å². The van der Waals surface area contributed by atoms with Crippen molar-refractivity contribution in [3.63, 3.8) is 0 Å². The molecule has 1 N–H and O–H groups in total. The van der Waals surface area contributed by atoms with E-state index in [-0.39, 0.29) is 11.6 Å². The third-order valence-corrected chi connectivity index (χ3v) is 4.69. The van der Waals surface area contributed by atoms with E-state index in [4.69, 9.17) is 9.47 Å². The zero-order valence-electron chi connectivity index (χ0n) is 11.5. The molecule has 2 aliphatic rings. The van der Waals surface area contributed by atoms with Crippen molar-refractivity contribution in [2.24, 2.45) is 0 Å². The molecule has 1 saturated heterocycles. The van der Waals surface area contributed by atoms with Gasteiger partial charge in [0.1, 0.15) is 5.75 Å². The van der Waals surface area contributed by atoms with Gasteiger partial charge in [-0.1, -0.05) is 15.9 Å². The van der Waals surface area contributed by atoms with Gasteiger partial charge in [-0.3, -0.25) is 0 Å². The zero-order chi connectivity index (χ0) is 13.5. The first-order valence-electron chi connectivity index (χ1n) is 6.90. The molecule has 0 aromatic heterocycles. The van der Waals surface area contributed by atoms with E-state index in [1.165, 1.54) is 11.1 Å². The first-order valence-corrected chi connectivity index (χ1v) is 7.70. The summed E-state index contributed by atoms with van der Waals surface area (Å²) >= 11 is 3.62. The van der Waals surface area contributed by atoms with Crippen molar-refractivity contribution in [2.45, 2.75) is 37.8 Å². The van der Waals surface area contributed by atoms with Gasteiger partial charge in [0, 0.05) is 23.1 Å². The minimum Gasteiger partial charge on any atom is -0.493 e. The van der Waals surface area contributed by atoms with Crippen LogP contribution in [0.25, 0.3) is 0 Å². The smallest absolute Gasteiger partial charge is 0.127 e. The summed E-state index contributed by atoms with van der Waals surface area (Å²) in [6.07, 6.45) is 3.21. The van der Waals surface area contributed by atoms with Gasteiger partial charge < -0.3 is 14.8 Å². The van der Waals surface area contributed by atoms with Gasteiger partial charge in [-0.2, -0.15) is 0 Å². The monoisotopic (exact) mass is 325 g/mol. The van der Waals surface area contributed by atoms with Crippen LogP contribution in [0.5, 0.6) is 5.75 Å². The Balaban J connectivity index is 2.04. The molecule has 2 heterocycles. The number of halogens is 1. The fourth-order valence-corrected chi connectivity index (χ4v) is 3.85. The van der Waals surface area contributed by atoms with E-state index in [2.05, 4.69) is 40.3 Å². The van der Waals surface area contributed by atoms with Gasteiger partial charge in [0.2, 0.25) is 0 Å². The van der Waals surface area contributed by atoms with Gasteiger partial charge in [0.15, 0.2) is 0 Å². The summed E-state index contributed by atoms with van der Waals surface area (Å²) < 4.78 is 13.0. The lowest BCUT2D eigenvalue weighted by Gasteiger charge is -2.34. The molecule has 0 bridgehead atoms. The molecule has 0 saturated carbocycles. The van der Waals surface area contributed by atoms with Crippen molar-refractivity contribution >= 4 is 15.9 Å². The lowest BCUT2D eigenvalue weighted by atomic mass is 9.86. The molecular weight excluding hydrogens is 306 g/mol. The van der Waals surface area contributed by atoms with Gasteiger partial charge in [-0.05, 0) is 44.5 Å². The van der Waals surface area contributed by atoms with Gasteiger partial charge in [0.25, 0.3) is 0 Å². The molecule has 3 rings (SSSR count). The Kier molecular flexibility index (Phi) is 3.58. The standard InChI is InChI=1S/C15H20BrNO2/c1-15(5-3-6-19-15)14(17-2)12-9-11(16)8-10-4-7-18-13(10)12/h8-9,14,17H,3-7H2,1-2H3. The van der Waals surface area contributed by atoms with Crippen LogP contribution < -0.4 is 10.1 Å². The normalized spacial score (nSPS) is 27.1. The number of hydrogen-bond donors (Lipinski definition) is 1. The number of hydrogen-bond acceptors (Lipinski definition) is 3. The van der Waals surface area contributed by atoms with Gasteiger partial charge >= 0.3 is 0 Å². The summed E-state index contributed by atoms with van der Waals surface area (Å²) in [5.74, 6) is 1.05. The van der Waals surface area contributed by atoms with E-state index < -0.39 is 0 Å². The third kappa shape index (κ3) is 2.30. The highest BCUT2D eigenvalue weighted by Gasteiger charge is 2.40. The van der Waals surface area contributed by atoms with Crippen LogP contribution in [0, 0.1) is 0 Å². The van der Waals surface area contributed by atoms with Crippen molar-refractivity contribution in [1.29, 1.82) is 0 Å². The quantitative estimate of drug-likeness (QED) is 0.925. The number of ether oxygens (including phenoxy) is 2. The Morgan fingerprint density at radius 1 is 1.37 bits per heavy atom. The van der Waals surface area contributed by atoms with Crippen molar-refractivity contribution in [3.05, 3.63) is 27.7 Å². The molecule has 0 radical (unpaired) electrons. The minimum atomic E-state index is -0.144. The summed E-state index contributed by atoms with van der Waals surface area (Å²) in [4.78, 5) is 0. The van der Waals surface area contributed by atoms with Gasteiger partial charge in [-0.25, -0.2) is 0 Å². The highest BCUT2D eigenvalue weighted by Crippen LogP contribution is 2.44. The van der Waals surface area contributed by atoms with E-state index in [0.29, 0.717) is 0 Å². The van der Waals surface area contributed by atoms with Crippen LogP contribution in [0.3, 0.4) is 0 Å². The Hall–Kier alpha value is -0.580. The molecule has 4 heteroatoms. The predicted octanol–water partition coefficient (Wildman–Crippen LogP) is 3.21. The molecular formula is C15H20BrNO2. The molecule has 1 aromatic rings. The predicted molar refractivity (Wildman–Crippen MR) is 78.7 cm³/mol. The second kappa shape index (κ2) is 5.08. The molecule has 0 amide bonds. The maximum absolute atomic E-state index is 6.01. The SMILES string of the molecule is CNC(c1cc(Br)cc2c1OCC2)C1(C)CCCO1. The van der Waals surface area contributed by atoms with Crippen molar-refractivity contribution in [2.75, 3.05) is 20.3 Å². The van der Waals surface area contributed by atoms with Crippen LogP contribution in [0.15, 0.2) is 16.6 Å². The summed E-state index contributed by atoms with van der Waals surface area (Å²) in [6.45, 7) is 3.84. The highest BCUT2D eigenvalue weighted by atomic mass is 79.9. The third-order valence-electron chi connectivity index (χ3n) is 4.24. The number of rotatable bonds is 3. The first-order chi connectivity index (χ1) is 9.14. The largest absolute Gasteiger partial charge is 0.493 e. The zero-order valence-corrected chi connectivity index (χ0v) is 13.0. The fraction of sp³-hybridized carbons (Fsp3) is 0.600. The lowest BCUT2D eigenvalue weighted by molar-refractivity contribution is -0.0110. The van der Waals surface area contributed by atoms with Crippen LogP contribution in [-0.2, 0) is 11.2 Å². The molecule has 2 aliphatic heterocycles. The number of fused-ring (bicyclic) bond motifs is 1. The van der Waals surface area contributed by atoms with E-state index in [1.54, 1.807) is 0 Å². The maximum atomic E-state index is 6.01. The molecule has 2 atom stereocenters. The van der Waals surface area contributed by atoms with E-state index >= 15 is 0 Å². The Labute approximate surface area is 122 Å². The van der Waals surface area contributed by atoms with Crippen LogP contribution in [0.4, 0.5) is 0 Å². The van der Waals surface area contributed by atoms with E-state index in [1.807, 2.05) is 7.05 Å². The average Bonchev–Trinajstić information content (AvgIpc) is 2.99. The van der Waals surface area contributed by atoms with Crippen molar-refractivity contribution in [1.82, 2.24) is 5.32 Å². The van der Waals surface area contributed by atoms with E-state index in [9.17, 15) is 0 Å². The maximum Gasteiger partial charge on any atom is 0.127 e. The minimum absolute atomic E-state index is 0.144. The second-order valence-corrected chi connectivity index (χ2v) is 6.48. The topological polar surface area (TPSA) is 30.5 Å². The van der Waals surface area contributed by atoms with Gasteiger partial charge in [0.05, 0.1) is 18.2 Å². The van der Waals surface area contributed by atoms with Crippen molar-refractivity contribution in [3.8, 4) is 5.75 Å². The second-order valence-electron chi connectivity index (χ2n) is 5.57. The summed E-state index contributed by atoms with van der Waals surface area (Å²) in [5.41, 5.74) is 2.37. The van der Waals surface area contributed by atoms with Crippen LogP contribution in [0.1, 0.15) is 36.9 Å². The van der Waals surface area contributed by atoms with Crippen molar-refractivity contribution < 1.29 is 9.47 Å². The Morgan fingerprint density at radius 2 is 2.21 bits per heavy atom. The number of likely N-dealkylation sites (N-methyl/N-ethyl adjacent to an activating group) is 1. The molecule has 3 nitrogen and oxygen atoms in total. The average molecular weight is 326 g/mol. The van der Waals surface area contributed by atoms with Crippen LogP contribution >= 0.6 is 15.9 Å².